The molecule has 6 heteroatoms. The zero-order chi connectivity index (χ0) is 17.4. The van der Waals surface area contributed by atoms with Crippen LogP contribution in [0.5, 0.6) is 11.5 Å². The number of amides is 1. The van der Waals surface area contributed by atoms with E-state index in [1.54, 1.807) is 43.4 Å². The van der Waals surface area contributed by atoms with Crippen LogP contribution in [0.15, 0.2) is 42.5 Å². The highest BCUT2D eigenvalue weighted by Crippen LogP contribution is 2.43. The maximum atomic E-state index is 12.6. The number of nitrogens with zero attached hydrogens (tertiary/aromatic N) is 1. The van der Waals surface area contributed by atoms with Crippen molar-refractivity contribution in [3.05, 3.63) is 59.2 Å². The molecule has 0 spiro atoms. The average molecular weight is 327 g/mol. The zero-order valence-electron chi connectivity index (χ0n) is 13.3. The van der Waals surface area contributed by atoms with Crippen molar-refractivity contribution >= 4 is 11.9 Å². The number of hydrogen-bond acceptors (Lipinski definition) is 4. The van der Waals surface area contributed by atoms with Gasteiger partial charge in [0.2, 0.25) is 0 Å². The number of methoxy groups -OCH3 is 1. The van der Waals surface area contributed by atoms with Crippen LogP contribution in [-0.4, -0.2) is 41.1 Å². The Kier molecular flexibility index (Phi) is 3.89. The number of likely N-dealkylation sites (N-methyl/N-ethyl adjacent to an activating group) is 1. The minimum absolute atomic E-state index is 0.0983. The number of carboxylic acids is 1. The number of hydrogen-bond donors (Lipinski definition) is 2. The molecule has 1 aliphatic rings. The number of benzene rings is 2. The second-order valence-corrected chi connectivity index (χ2v) is 5.70. The van der Waals surface area contributed by atoms with E-state index in [2.05, 4.69) is 0 Å². The van der Waals surface area contributed by atoms with Crippen molar-refractivity contribution in [2.45, 2.75) is 12.0 Å². The van der Waals surface area contributed by atoms with Crippen molar-refractivity contribution in [3.8, 4) is 11.5 Å². The van der Waals surface area contributed by atoms with E-state index in [-0.39, 0.29) is 17.4 Å². The van der Waals surface area contributed by atoms with Gasteiger partial charge in [-0.15, -0.1) is 0 Å². The molecule has 0 saturated heterocycles. The Labute approximate surface area is 138 Å². The molecule has 1 aliphatic heterocycles. The van der Waals surface area contributed by atoms with E-state index in [4.69, 9.17) is 4.74 Å². The minimum atomic E-state index is -1.03. The Morgan fingerprint density at radius 1 is 1.21 bits per heavy atom. The van der Waals surface area contributed by atoms with Crippen molar-refractivity contribution in [1.82, 2.24) is 4.90 Å². The van der Waals surface area contributed by atoms with Gasteiger partial charge in [-0.2, -0.15) is 0 Å². The van der Waals surface area contributed by atoms with Crippen molar-refractivity contribution < 1.29 is 24.5 Å². The van der Waals surface area contributed by atoms with E-state index in [0.29, 0.717) is 16.7 Å². The van der Waals surface area contributed by atoms with E-state index in [0.717, 1.165) is 0 Å². The molecule has 2 aromatic rings. The van der Waals surface area contributed by atoms with E-state index in [1.165, 1.54) is 18.1 Å². The van der Waals surface area contributed by atoms with Gasteiger partial charge in [0, 0.05) is 12.6 Å². The number of ether oxygens (including phenoxy) is 1. The Morgan fingerprint density at radius 3 is 2.54 bits per heavy atom. The standard InChI is InChI=1S/C18H17NO5/c1-19-16(10-7-8-14(24-2)13(20)9-10)15(18(22)23)11-5-3-4-6-12(11)17(19)21/h3-9,15-16,20H,1-2H3,(H,22,23)/t15-,16+/m1/s1. The summed E-state index contributed by atoms with van der Waals surface area (Å²) in [5.41, 5.74) is 1.40. The van der Waals surface area contributed by atoms with Gasteiger partial charge in [0.15, 0.2) is 11.5 Å². The molecule has 3 rings (SSSR count). The normalized spacial score (nSPS) is 19.8. The molecule has 0 fully saturated rings. The van der Waals surface area contributed by atoms with Crippen LogP contribution in [0.3, 0.4) is 0 Å². The number of fused-ring (bicyclic) bond motifs is 1. The predicted molar refractivity (Wildman–Crippen MR) is 86.3 cm³/mol. The third kappa shape index (κ3) is 2.36. The second kappa shape index (κ2) is 5.88. The molecular formula is C18H17NO5. The number of carboxylic acid groups (broad SMARTS) is 1. The summed E-state index contributed by atoms with van der Waals surface area (Å²) in [5, 5.41) is 19.8. The molecule has 1 amide bonds. The summed E-state index contributed by atoms with van der Waals surface area (Å²) in [6.07, 6.45) is 0. The Hall–Kier alpha value is -3.02. The van der Waals surface area contributed by atoms with Crippen molar-refractivity contribution in [3.63, 3.8) is 0 Å². The Bertz CT molecular complexity index is 817. The van der Waals surface area contributed by atoms with Gasteiger partial charge in [-0.25, -0.2) is 0 Å². The number of phenolic OH excluding ortho intramolecular Hbond substituents is 1. The predicted octanol–water partition coefficient (Wildman–Crippen LogP) is 2.40. The van der Waals surface area contributed by atoms with Crippen LogP contribution in [0.25, 0.3) is 0 Å². The van der Waals surface area contributed by atoms with Gasteiger partial charge in [-0.05, 0) is 29.3 Å². The number of carbonyl (C=O) groups is 2. The maximum Gasteiger partial charge on any atom is 0.313 e. The molecule has 124 valence electrons. The molecule has 0 unspecified atom stereocenters. The van der Waals surface area contributed by atoms with Gasteiger partial charge in [0.25, 0.3) is 5.91 Å². The van der Waals surface area contributed by atoms with E-state index in [1.807, 2.05) is 0 Å². The van der Waals surface area contributed by atoms with Crippen molar-refractivity contribution in [2.75, 3.05) is 14.2 Å². The molecule has 2 N–H and O–H groups in total. The number of carbonyl (C=O) groups excluding carboxylic acids is 1. The lowest BCUT2D eigenvalue weighted by Crippen LogP contribution is -2.42. The molecule has 6 nitrogen and oxygen atoms in total. The highest BCUT2D eigenvalue weighted by atomic mass is 16.5. The van der Waals surface area contributed by atoms with Crippen LogP contribution in [0.1, 0.15) is 33.4 Å². The van der Waals surface area contributed by atoms with E-state index in [9.17, 15) is 19.8 Å². The molecule has 0 radical (unpaired) electrons. The molecule has 0 saturated carbocycles. The fourth-order valence-electron chi connectivity index (χ4n) is 3.25. The minimum Gasteiger partial charge on any atom is -0.504 e. The first-order chi connectivity index (χ1) is 11.5. The first-order valence-electron chi connectivity index (χ1n) is 7.41. The summed E-state index contributed by atoms with van der Waals surface area (Å²) >= 11 is 0. The molecule has 0 aromatic heterocycles. The quantitative estimate of drug-likeness (QED) is 0.904. The third-order valence-corrected chi connectivity index (χ3v) is 4.39. The van der Waals surface area contributed by atoms with Crippen LogP contribution in [0, 0.1) is 0 Å². The number of phenols is 1. The number of aromatic hydroxyl groups is 1. The lowest BCUT2D eigenvalue weighted by atomic mass is 9.80. The highest BCUT2D eigenvalue weighted by Gasteiger charge is 2.42. The Balaban J connectivity index is 2.17. The summed E-state index contributed by atoms with van der Waals surface area (Å²) in [6, 6.07) is 10.7. The first-order valence-corrected chi connectivity index (χ1v) is 7.41. The SMILES string of the molecule is COc1ccc([C@H]2[C@H](C(=O)O)c3ccccc3C(=O)N2C)cc1O. The highest BCUT2D eigenvalue weighted by molar-refractivity contribution is 6.00. The van der Waals surface area contributed by atoms with Crippen LogP contribution in [-0.2, 0) is 4.79 Å². The van der Waals surface area contributed by atoms with Gasteiger partial charge in [0.1, 0.15) is 5.92 Å². The van der Waals surface area contributed by atoms with Crippen LogP contribution >= 0.6 is 0 Å². The first kappa shape index (κ1) is 15.9. The Morgan fingerprint density at radius 2 is 1.92 bits per heavy atom. The summed E-state index contributed by atoms with van der Waals surface area (Å²) in [7, 11) is 3.00. The smallest absolute Gasteiger partial charge is 0.313 e. The second-order valence-electron chi connectivity index (χ2n) is 5.70. The summed E-state index contributed by atoms with van der Waals surface area (Å²) < 4.78 is 5.02. The molecule has 2 aromatic carbocycles. The van der Waals surface area contributed by atoms with Crippen LogP contribution < -0.4 is 4.74 Å². The molecule has 1 heterocycles. The molecule has 24 heavy (non-hydrogen) atoms. The van der Waals surface area contributed by atoms with Crippen LogP contribution in [0.4, 0.5) is 0 Å². The van der Waals surface area contributed by atoms with Gasteiger partial charge in [0.05, 0.1) is 13.2 Å². The number of rotatable bonds is 3. The summed E-state index contributed by atoms with van der Waals surface area (Å²) in [5.74, 6) is -2.00. The lowest BCUT2D eigenvalue weighted by molar-refractivity contribution is -0.140. The molecular weight excluding hydrogens is 310 g/mol. The number of aliphatic carboxylic acids is 1. The molecule has 0 aliphatic carbocycles. The molecule has 2 atom stereocenters. The topological polar surface area (TPSA) is 87.1 Å². The van der Waals surface area contributed by atoms with Gasteiger partial charge in [-0.1, -0.05) is 24.3 Å². The zero-order valence-corrected chi connectivity index (χ0v) is 13.3. The maximum absolute atomic E-state index is 12.6. The van der Waals surface area contributed by atoms with Gasteiger partial charge < -0.3 is 19.8 Å². The fraction of sp³-hybridized carbons (Fsp3) is 0.222. The summed E-state index contributed by atoms with van der Waals surface area (Å²) in [6.45, 7) is 0. The monoisotopic (exact) mass is 327 g/mol. The van der Waals surface area contributed by atoms with E-state index >= 15 is 0 Å². The molecule has 0 bridgehead atoms. The van der Waals surface area contributed by atoms with Crippen molar-refractivity contribution in [2.24, 2.45) is 0 Å². The fourth-order valence-corrected chi connectivity index (χ4v) is 3.25. The van der Waals surface area contributed by atoms with Gasteiger partial charge >= 0.3 is 5.97 Å². The average Bonchev–Trinajstić information content (AvgIpc) is 2.57. The van der Waals surface area contributed by atoms with Crippen LogP contribution in [0.2, 0.25) is 0 Å². The lowest BCUT2D eigenvalue weighted by Gasteiger charge is -2.38. The van der Waals surface area contributed by atoms with E-state index < -0.39 is 17.9 Å². The summed E-state index contributed by atoms with van der Waals surface area (Å²) in [4.78, 5) is 26.0. The van der Waals surface area contributed by atoms with Crippen molar-refractivity contribution in [1.29, 1.82) is 0 Å². The third-order valence-electron chi connectivity index (χ3n) is 4.39. The largest absolute Gasteiger partial charge is 0.504 e. The van der Waals surface area contributed by atoms with Gasteiger partial charge in [-0.3, -0.25) is 9.59 Å².